The molecule has 0 aromatic heterocycles. The van der Waals surface area contributed by atoms with Gasteiger partial charge in [0.2, 0.25) is 0 Å². The lowest BCUT2D eigenvalue weighted by molar-refractivity contribution is 0.0256. The minimum atomic E-state index is -0.415. The topological polar surface area (TPSA) is 44.8 Å². The van der Waals surface area contributed by atoms with Gasteiger partial charge in [0, 0.05) is 31.7 Å². The average Bonchev–Trinajstić information content (AvgIpc) is 2.59. The van der Waals surface area contributed by atoms with E-state index in [-0.39, 0.29) is 6.09 Å². The number of rotatable bonds is 4. The van der Waals surface area contributed by atoms with Crippen LogP contribution in [0, 0.1) is 0 Å². The Morgan fingerprint density at radius 3 is 2.57 bits per heavy atom. The van der Waals surface area contributed by atoms with Crippen molar-refractivity contribution < 1.29 is 9.53 Å². The number of hydrogen-bond acceptors (Lipinski definition) is 4. The Morgan fingerprint density at radius 2 is 2.00 bits per heavy atom. The van der Waals surface area contributed by atoms with Crippen LogP contribution in [0.2, 0.25) is 0 Å². The lowest BCUT2D eigenvalue weighted by atomic mass is 10.1. The van der Waals surface area contributed by atoms with Crippen LogP contribution in [-0.4, -0.2) is 67.3 Å². The third-order valence-electron chi connectivity index (χ3n) is 3.96. The molecular weight excluding hydrogens is 266 g/mol. The molecule has 0 saturated carbocycles. The summed E-state index contributed by atoms with van der Waals surface area (Å²) in [4.78, 5) is 16.2. The Hall–Kier alpha value is -0.810. The first-order valence-corrected chi connectivity index (χ1v) is 8.07. The van der Waals surface area contributed by atoms with E-state index in [1.165, 1.54) is 0 Å². The van der Waals surface area contributed by atoms with Crippen molar-refractivity contribution in [1.29, 1.82) is 0 Å². The van der Waals surface area contributed by atoms with Crippen LogP contribution in [-0.2, 0) is 4.74 Å². The molecule has 1 amide bonds. The highest BCUT2D eigenvalue weighted by Gasteiger charge is 2.25. The number of carbonyl (C=O) groups excluding carboxylic acids is 1. The number of hydrogen-bond donors (Lipinski definition) is 1. The molecule has 1 aliphatic heterocycles. The fourth-order valence-corrected chi connectivity index (χ4v) is 2.33. The molecule has 0 spiro atoms. The van der Waals surface area contributed by atoms with Gasteiger partial charge in [-0.25, -0.2) is 4.79 Å². The second-order valence-electron chi connectivity index (χ2n) is 7.32. The molecule has 1 N–H and O–H groups in total. The second-order valence-corrected chi connectivity index (χ2v) is 7.32. The number of likely N-dealkylation sites (tertiary alicyclic amines) is 1. The molecule has 5 nitrogen and oxygen atoms in total. The van der Waals surface area contributed by atoms with Crippen LogP contribution in [0.3, 0.4) is 0 Å². The second kappa shape index (κ2) is 7.99. The summed E-state index contributed by atoms with van der Waals surface area (Å²) < 4.78 is 5.46. The molecule has 2 unspecified atom stereocenters. The Labute approximate surface area is 130 Å². The Morgan fingerprint density at radius 1 is 1.33 bits per heavy atom. The normalized spacial score (nSPS) is 22.0. The maximum absolute atomic E-state index is 12.1. The van der Waals surface area contributed by atoms with Crippen LogP contribution in [0.1, 0.15) is 47.0 Å². The Balaban J connectivity index is 2.38. The highest BCUT2D eigenvalue weighted by Crippen LogP contribution is 2.15. The molecule has 2 atom stereocenters. The molecule has 0 aliphatic carbocycles. The van der Waals surface area contributed by atoms with Crippen molar-refractivity contribution in [2.45, 2.75) is 64.6 Å². The standard InChI is InChI=1S/C16H33N3O2/c1-13(18(5)6)12-17-14-8-7-10-19(11-9-14)15(20)21-16(2,3)4/h13-14,17H,7-12H2,1-6H3. The molecule has 0 radical (unpaired) electrons. The maximum atomic E-state index is 12.1. The molecule has 0 bridgehead atoms. The number of carbonyl (C=O) groups is 1. The summed E-state index contributed by atoms with van der Waals surface area (Å²) in [7, 11) is 4.20. The zero-order chi connectivity index (χ0) is 16.0. The summed E-state index contributed by atoms with van der Waals surface area (Å²) >= 11 is 0. The zero-order valence-corrected chi connectivity index (χ0v) is 14.6. The van der Waals surface area contributed by atoms with Crippen molar-refractivity contribution in [2.24, 2.45) is 0 Å². The predicted octanol–water partition coefficient (Wildman–Crippen LogP) is 2.32. The number of nitrogens with zero attached hydrogens (tertiary/aromatic N) is 2. The zero-order valence-electron chi connectivity index (χ0n) is 14.6. The van der Waals surface area contributed by atoms with Gasteiger partial charge < -0.3 is 19.9 Å². The van der Waals surface area contributed by atoms with Crippen molar-refractivity contribution in [3.05, 3.63) is 0 Å². The molecule has 1 heterocycles. The molecule has 1 saturated heterocycles. The highest BCUT2D eigenvalue weighted by atomic mass is 16.6. The SMILES string of the molecule is CC(CNC1CCCN(C(=O)OC(C)(C)C)CC1)N(C)C. The molecule has 21 heavy (non-hydrogen) atoms. The minimum Gasteiger partial charge on any atom is -0.444 e. The van der Waals surface area contributed by atoms with E-state index in [1.54, 1.807) is 0 Å². The molecule has 1 rings (SSSR count). The van der Waals surface area contributed by atoms with Gasteiger partial charge in [0.05, 0.1) is 0 Å². The fraction of sp³-hybridized carbons (Fsp3) is 0.938. The van der Waals surface area contributed by atoms with Crippen molar-refractivity contribution >= 4 is 6.09 Å². The summed E-state index contributed by atoms with van der Waals surface area (Å²) in [6, 6.07) is 1.02. The Bertz CT molecular complexity index is 326. The lowest BCUT2D eigenvalue weighted by Crippen LogP contribution is -2.41. The van der Waals surface area contributed by atoms with E-state index < -0.39 is 5.60 Å². The highest BCUT2D eigenvalue weighted by molar-refractivity contribution is 5.68. The summed E-state index contributed by atoms with van der Waals surface area (Å²) in [5.74, 6) is 0. The van der Waals surface area contributed by atoms with Crippen molar-refractivity contribution in [3.8, 4) is 0 Å². The number of nitrogens with one attached hydrogen (secondary N) is 1. The molecule has 124 valence electrons. The number of amides is 1. The van der Waals surface area contributed by atoms with E-state index in [9.17, 15) is 4.79 Å². The van der Waals surface area contributed by atoms with Gasteiger partial charge in [-0.05, 0) is 61.1 Å². The van der Waals surface area contributed by atoms with Crippen molar-refractivity contribution in [2.75, 3.05) is 33.7 Å². The summed E-state index contributed by atoms with van der Waals surface area (Å²) in [6.45, 7) is 10.5. The monoisotopic (exact) mass is 299 g/mol. The van der Waals surface area contributed by atoms with Gasteiger partial charge in [0.1, 0.15) is 5.60 Å². The summed E-state index contributed by atoms with van der Waals surface area (Å²) in [5.41, 5.74) is -0.415. The van der Waals surface area contributed by atoms with Crippen LogP contribution in [0.25, 0.3) is 0 Å². The van der Waals surface area contributed by atoms with Crippen LogP contribution in [0.4, 0.5) is 4.79 Å². The quantitative estimate of drug-likeness (QED) is 0.865. The molecule has 1 fully saturated rings. The molecule has 0 aromatic carbocycles. The van der Waals surface area contributed by atoms with Gasteiger partial charge in [-0.15, -0.1) is 0 Å². The van der Waals surface area contributed by atoms with E-state index in [2.05, 4.69) is 31.2 Å². The summed E-state index contributed by atoms with van der Waals surface area (Å²) in [6.07, 6.45) is 2.98. The van der Waals surface area contributed by atoms with Crippen LogP contribution in [0.15, 0.2) is 0 Å². The smallest absolute Gasteiger partial charge is 0.410 e. The molecule has 1 aliphatic rings. The predicted molar refractivity (Wildman–Crippen MR) is 86.6 cm³/mol. The van der Waals surface area contributed by atoms with E-state index >= 15 is 0 Å². The van der Waals surface area contributed by atoms with Crippen LogP contribution < -0.4 is 5.32 Å². The minimum absolute atomic E-state index is 0.176. The number of ether oxygens (including phenoxy) is 1. The van der Waals surface area contributed by atoms with Gasteiger partial charge in [-0.1, -0.05) is 0 Å². The third-order valence-corrected chi connectivity index (χ3v) is 3.96. The first-order valence-electron chi connectivity index (χ1n) is 8.07. The van der Waals surface area contributed by atoms with Gasteiger partial charge in [-0.3, -0.25) is 0 Å². The van der Waals surface area contributed by atoms with E-state index in [1.807, 2.05) is 25.7 Å². The fourth-order valence-electron chi connectivity index (χ4n) is 2.33. The number of likely N-dealkylation sites (N-methyl/N-ethyl adjacent to an activating group) is 1. The largest absolute Gasteiger partial charge is 0.444 e. The van der Waals surface area contributed by atoms with Crippen molar-refractivity contribution in [1.82, 2.24) is 15.1 Å². The van der Waals surface area contributed by atoms with Crippen LogP contribution >= 0.6 is 0 Å². The van der Waals surface area contributed by atoms with E-state index in [0.29, 0.717) is 12.1 Å². The van der Waals surface area contributed by atoms with Gasteiger partial charge in [-0.2, -0.15) is 0 Å². The van der Waals surface area contributed by atoms with Gasteiger partial charge in [0.25, 0.3) is 0 Å². The summed E-state index contributed by atoms with van der Waals surface area (Å²) in [5, 5.41) is 3.63. The van der Waals surface area contributed by atoms with E-state index in [4.69, 9.17) is 4.74 Å². The first kappa shape index (κ1) is 18.2. The molecule has 0 aromatic rings. The van der Waals surface area contributed by atoms with E-state index in [0.717, 1.165) is 38.9 Å². The van der Waals surface area contributed by atoms with Crippen LogP contribution in [0.5, 0.6) is 0 Å². The Kier molecular flexibility index (Phi) is 6.94. The average molecular weight is 299 g/mol. The molecule has 5 heteroatoms. The lowest BCUT2D eigenvalue weighted by Gasteiger charge is -2.26. The maximum Gasteiger partial charge on any atom is 0.410 e. The van der Waals surface area contributed by atoms with Crippen molar-refractivity contribution in [3.63, 3.8) is 0 Å². The molecular formula is C16H33N3O2. The first-order chi connectivity index (χ1) is 9.69. The van der Waals surface area contributed by atoms with Gasteiger partial charge in [0.15, 0.2) is 0 Å². The third kappa shape index (κ3) is 7.14. The van der Waals surface area contributed by atoms with Gasteiger partial charge >= 0.3 is 6.09 Å².